The van der Waals surface area contributed by atoms with Crippen molar-refractivity contribution in [1.82, 2.24) is 5.32 Å². The molecule has 0 fully saturated rings. The highest BCUT2D eigenvalue weighted by Crippen LogP contribution is 2.37. The fraction of sp³-hybridized carbons (Fsp3) is 0.211. The smallest absolute Gasteiger partial charge is 0.225 e. The first-order valence-corrected chi connectivity index (χ1v) is 9.76. The molecule has 0 bridgehead atoms. The Bertz CT molecular complexity index is 881. The van der Waals surface area contributed by atoms with E-state index in [1.54, 1.807) is 31.4 Å². The molecule has 26 heavy (non-hydrogen) atoms. The highest BCUT2D eigenvalue weighted by molar-refractivity contribution is 8.03. The van der Waals surface area contributed by atoms with Gasteiger partial charge in [0.1, 0.15) is 5.75 Å². The molecule has 0 spiro atoms. The van der Waals surface area contributed by atoms with Gasteiger partial charge in [0.05, 0.1) is 29.5 Å². The van der Waals surface area contributed by atoms with Gasteiger partial charge in [-0.05, 0) is 35.7 Å². The summed E-state index contributed by atoms with van der Waals surface area (Å²) in [5.41, 5.74) is 1.08. The van der Waals surface area contributed by atoms with Crippen LogP contribution in [0.2, 0.25) is 0 Å². The van der Waals surface area contributed by atoms with Gasteiger partial charge in [-0.2, -0.15) is 5.26 Å². The molecule has 3 rings (SSSR count). The number of thioether (sulfide) groups is 1. The molecule has 2 aromatic rings. The van der Waals surface area contributed by atoms with E-state index in [2.05, 4.69) is 11.4 Å². The maximum Gasteiger partial charge on any atom is 0.225 e. The van der Waals surface area contributed by atoms with Crippen molar-refractivity contribution >= 4 is 34.8 Å². The second-order valence-corrected chi connectivity index (χ2v) is 7.58. The number of nitrogens with zero attached hydrogens (tertiary/aromatic N) is 1. The van der Waals surface area contributed by atoms with Gasteiger partial charge in [0, 0.05) is 22.8 Å². The first-order valence-electron chi connectivity index (χ1n) is 7.90. The predicted molar refractivity (Wildman–Crippen MR) is 102 cm³/mol. The minimum Gasteiger partial charge on any atom is -0.497 e. The fourth-order valence-corrected chi connectivity index (χ4v) is 4.47. The number of thiophene rings is 1. The zero-order chi connectivity index (χ0) is 18.5. The molecule has 1 N–H and O–H groups in total. The number of methoxy groups -OCH3 is 1. The number of amides is 1. The summed E-state index contributed by atoms with van der Waals surface area (Å²) in [5, 5.41) is 14.7. The van der Waals surface area contributed by atoms with Gasteiger partial charge < -0.3 is 10.1 Å². The maximum absolute atomic E-state index is 12.4. The van der Waals surface area contributed by atoms with E-state index < -0.39 is 0 Å². The Hall–Kier alpha value is -2.56. The number of carbonyl (C=O) groups is 2. The Kier molecular flexibility index (Phi) is 5.76. The SMILES string of the molecule is COc1ccc(C(=O)CSC2=C(C#N)[C@H](c3cccs3)CC(=O)N2)cc1. The molecular formula is C19H16N2O3S2. The van der Waals surface area contributed by atoms with Crippen molar-refractivity contribution in [1.29, 1.82) is 5.26 Å². The van der Waals surface area contributed by atoms with Crippen LogP contribution in [0.5, 0.6) is 5.75 Å². The first-order chi connectivity index (χ1) is 12.6. The van der Waals surface area contributed by atoms with E-state index in [1.165, 1.54) is 23.1 Å². The summed E-state index contributed by atoms with van der Waals surface area (Å²) in [6.07, 6.45) is 0.250. The number of ether oxygens (including phenoxy) is 1. The van der Waals surface area contributed by atoms with Gasteiger partial charge in [0.2, 0.25) is 5.91 Å². The lowest BCUT2D eigenvalue weighted by Crippen LogP contribution is -2.31. The van der Waals surface area contributed by atoms with Crippen molar-refractivity contribution in [2.75, 3.05) is 12.9 Å². The van der Waals surface area contributed by atoms with Gasteiger partial charge in [-0.25, -0.2) is 0 Å². The maximum atomic E-state index is 12.4. The number of allylic oxidation sites excluding steroid dienone is 1. The summed E-state index contributed by atoms with van der Waals surface area (Å²) < 4.78 is 5.09. The topological polar surface area (TPSA) is 79.2 Å². The van der Waals surface area contributed by atoms with Crippen LogP contribution < -0.4 is 10.1 Å². The van der Waals surface area contributed by atoms with Crippen molar-refractivity contribution in [3.63, 3.8) is 0 Å². The van der Waals surface area contributed by atoms with Gasteiger partial charge in [0.15, 0.2) is 5.78 Å². The molecule has 7 heteroatoms. The van der Waals surface area contributed by atoms with Crippen molar-refractivity contribution < 1.29 is 14.3 Å². The number of rotatable bonds is 6. The average molecular weight is 384 g/mol. The van der Waals surface area contributed by atoms with E-state index in [0.29, 0.717) is 21.9 Å². The predicted octanol–water partition coefficient (Wildman–Crippen LogP) is 3.71. The second kappa shape index (κ2) is 8.21. The van der Waals surface area contributed by atoms with E-state index in [4.69, 9.17) is 4.74 Å². The van der Waals surface area contributed by atoms with Crippen LogP contribution in [0, 0.1) is 11.3 Å². The van der Waals surface area contributed by atoms with Gasteiger partial charge in [-0.3, -0.25) is 9.59 Å². The molecule has 0 radical (unpaired) electrons. The molecule has 1 amide bonds. The molecule has 1 aliphatic rings. The van der Waals surface area contributed by atoms with Gasteiger partial charge >= 0.3 is 0 Å². The largest absolute Gasteiger partial charge is 0.497 e. The number of Topliss-reactive ketones (excluding diaryl/α,β-unsaturated/α-hetero) is 1. The number of carbonyl (C=O) groups excluding carboxylic acids is 2. The molecule has 2 heterocycles. The monoisotopic (exact) mass is 384 g/mol. The van der Waals surface area contributed by atoms with Crippen molar-refractivity contribution in [3.05, 3.63) is 62.8 Å². The summed E-state index contributed by atoms with van der Waals surface area (Å²) in [4.78, 5) is 25.4. The third-order valence-corrected chi connectivity index (χ3v) is 6.01. The van der Waals surface area contributed by atoms with E-state index in [1.807, 2.05) is 17.5 Å². The molecular weight excluding hydrogens is 368 g/mol. The van der Waals surface area contributed by atoms with Crippen LogP contribution in [0.1, 0.15) is 27.6 Å². The van der Waals surface area contributed by atoms with Gasteiger partial charge in [0.25, 0.3) is 0 Å². The summed E-state index contributed by atoms with van der Waals surface area (Å²) in [6.45, 7) is 0. The molecule has 1 atom stereocenters. The van der Waals surface area contributed by atoms with Crippen molar-refractivity contribution in [3.8, 4) is 11.8 Å². The highest BCUT2D eigenvalue weighted by atomic mass is 32.2. The summed E-state index contributed by atoms with van der Waals surface area (Å²) in [6, 6.07) is 12.9. The summed E-state index contributed by atoms with van der Waals surface area (Å²) >= 11 is 2.72. The Morgan fingerprint density at radius 2 is 2.15 bits per heavy atom. The fourth-order valence-electron chi connectivity index (χ4n) is 2.66. The van der Waals surface area contributed by atoms with E-state index in [9.17, 15) is 14.9 Å². The number of nitrogens with one attached hydrogen (secondary N) is 1. The number of nitriles is 1. The van der Waals surface area contributed by atoms with Crippen LogP contribution in [0.25, 0.3) is 0 Å². The molecule has 1 aliphatic heterocycles. The minimum absolute atomic E-state index is 0.0741. The number of hydrogen-bond acceptors (Lipinski definition) is 6. The van der Waals surface area contributed by atoms with Crippen molar-refractivity contribution in [2.24, 2.45) is 0 Å². The molecule has 1 aromatic carbocycles. The van der Waals surface area contributed by atoms with E-state index in [-0.39, 0.29) is 29.8 Å². The standard InChI is InChI=1S/C19H16N2O3S2/c1-24-13-6-4-12(5-7-13)16(22)11-26-19-15(10-20)14(9-18(23)21-19)17-3-2-8-25-17/h2-8,14H,9,11H2,1H3,(H,21,23)/t14-/m1/s1. The van der Waals surface area contributed by atoms with Crippen LogP contribution in [0.15, 0.2) is 52.4 Å². The quantitative estimate of drug-likeness (QED) is 0.768. The lowest BCUT2D eigenvalue weighted by Gasteiger charge is -2.23. The zero-order valence-electron chi connectivity index (χ0n) is 14.0. The summed E-state index contributed by atoms with van der Waals surface area (Å²) in [7, 11) is 1.57. The minimum atomic E-state index is -0.243. The Balaban J connectivity index is 1.76. The van der Waals surface area contributed by atoms with Crippen LogP contribution in [-0.2, 0) is 4.79 Å². The van der Waals surface area contributed by atoms with Gasteiger partial charge in [-0.15, -0.1) is 11.3 Å². The van der Waals surface area contributed by atoms with Crippen LogP contribution in [0.3, 0.4) is 0 Å². The molecule has 132 valence electrons. The third kappa shape index (κ3) is 3.98. The Labute approximate surface area is 159 Å². The van der Waals surface area contributed by atoms with E-state index >= 15 is 0 Å². The molecule has 5 nitrogen and oxygen atoms in total. The lowest BCUT2D eigenvalue weighted by molar-refractivity contribution is -0.120. The summed E-state index contributed by atoms with van der Waals surface area (Å²) in [5.74, 6) is 0.371. The molecule has 1 aromatic heterocycles. The second-order valence-electron chi connectivity index (χ2n) is 5.62. The third-order valence-electron chi connectivity index (χ3n) is 4.00. The van der Waals surface area contributed by atoms with E-state index in [0.717, 1.165) is 4.88 Å². The number of hydrogen-bond donors (Lipinski definition) is 1. The van der Waals surface area contributed by atoms with Gasteiger partial charge in [-0.1, -0.05) is 17.8 Å². The molecule has 0 saturated carbocycles. The number of benzene rings is 1. The Morgan fingerprint density at radius 1 is 1.38 bits per heavy atom. The highest BCUT2D eigenvalue weighted by Gasteiger charge is 2.30. The average Bonchev–Trinajstić information content (AvgIpc) is 3.20. The normalized spacial score (nSPS) is 16.8. The zero-order valence-corrected chi connectivity index (χ0v) is 15.7. The van der Waals surface area contributed by atoms with Crippen LogP contribution in [-0.4, -0.2) is 24.6 Å². The number of ketones is 1. The molecule has 0 aliphatic carbocycles. The first kappa shape index (κ1) is 18.2. The molecule has 0 unspecified atom stereocenters. The van der Waals surface area contributed by atoms with Crippen molar-refractivity contribution in [2.45, 2.75) is 12.3 Å². The lowest BCUT2D eigenvalue weighted by atomic mass is 9.93. The van der Waals surface area contributed by atoms with Crippen LogP contribution >= 0.6 is 23.1 Å². The van der Waals surface area contributed by atoms with Crippen LogP contribution in [0.4, 0.5) is 0 Å². The molecule has 0 saturated heterocycles. The Morgan fingerprint density at radius 3 is 2.77 bits per heavy atom.